The van der Waals surface area contributed by atoms with Gasteiger partial charge in [-0.15, -0.1) is 21.5 Å². The van der Waals surface area contributed by atoms with Crippen LogP contribution >= 0.6 is 11.3 Å². The third kappa shape index (κ3) is 3.38. The van der Waals surface area contributed by atoms with Crippen LogP contribution in [0.4, 0.5) is 4.79 Å². The first-order valence-corrected chi connectivity index (χ1v) is 8.67. The molecule has 0 bridgehead atoms. The molecule has 3 aromatic heterocycles. The van der Waals surface area contributed by atoms with Gasteiger partial charge in [-0.1, -0.05) is 19.9 Å². The Morgan fingerprint density at radius 3 is 2.88 bits per heavy atom. The highest BCUT2D eigenvalue weighted by Crippen LogP contribution is 2.20. The number of hydrogen-bond acceptors (Lipinski definition) is 5. The Morgan fingerprint density at radius 2 is 2.17 bits per heavy atom. The number of carbonyl (C=O) groups excluding carboxylic acids is 1. The van der Waals surface area contributed by atoms with Crippen molar-refractivity contribution in [2.24, 2.45) is 5.92 Å². The zero-order chi connectivity index (χ0) is 17.1. The van der Waals surface area contributed by atoms with Crippen molar-refractivity contribution < 1.29 is 4.79 Å². The van der Waals surface area contributed by atoms with Crippen LogP contribution in [0, 0.1) is 12.8 Å². The minimum atomic E-state index is -0.232. The smallest absolute Gasteiger partial charge is 0.315 e. The Balaban J connectivity index is 1.72. The van der Waals surface area contributed by atoms with Crippen molar-refractivity contribution >= 4 is 23.0 Å². The fourth-order valence-corrected chi connectivity index (χ4v) is 3.17. The van der Waals surface area contributed by atoms with E-state index < -0.39 is 0 Å². The minimum absolute atomic E-state index is 0.175. The Bertz CT molecular complexity index is 840. The Kier molecular flexibility index (Phi) is 4.75. The van der Waals surface area contributed by atoms with Crippen molar-refractivity contribution in [3.05, 3.63) is 46.3 Å². The van der Waals surface area contributed by atoms with Gasteiger partial charge in [0.05, 0.1) is 23.8 Å². The van der Waals surface area contributed by atoms with Crippen molar-refractivity contribution in [3.8, 4) is 0 Å². The molecule has 24 heavy (non-hydrogen) atoms. The van der Waals surface area contributed by atoms with Gasteiger partial charge in [-0.3, -0.25) is 4.40 Å². The van der Waals surface area contributed by atoms with Crippen LogP contribution in [0.15, 0.2) is 29.9 Å². The second-order valence-corrected chi connectivity index (χ2v) is 6.84. The van der Waals surface area contributed by atoms with Gasteiger partial charge in [-0.25, -0.2) is 9.78 Å². The Hall–Kier alpha value is -2.48. The molecule has 0 saturated heterocycles. The van der Waals surface area contributed by atoms with Gasteiger partial charge in [0.15, 0.2) is 11.5 Å². The van der Waals surface area contributed by atoms with Crippen molar-refractivity contribution in [1.82, 2.24) is 30.2 Å². The molecular formula is C16H20N6OS. The molecule has 2 N–H and O–H groups in total. The molecule has 0 spiro atoms. The number of rotatable bonds is 5. The summed E-state index contributed by atoms with van der Waals surface area (Å²) in [6, 6.07) is 5.26. The predicted octanol–water partition coefficient (Wildman–Crippen LogP) is 2.69. The third-order valence-corrected chi connectivity index (χ3v) is 4.76. The van der Waals surface area contributed by atoms with Gasteiger partial charge >= 0.3 is 6.03 Å². The molecule has 0 fully saturated rings. The summed E-state index contributed by atoms with van der Waals surface area (Å²) in [5.74, 6) is 0.901. The normalized spacial score (nSPS) is 12.5. The van der Waals surface area contributed by atoms with Gasteiger partial charge < -0.3 is 10.6 Å². The van der Waals surface area contributed by atoms with Crippen molar-refractivity contribution in [2.75, 3.05) is 0 Å². The summed E-state index contributed by atoms with van der Waals surface area (Å²) < 4.78 is 1.90. The fourth-order valence-electron chi connectivity index (χ4n) is 2.45. The second-order valence-electron chi connectivity index (χ2n) is 5.90. The van der Waals surface area contributed by atoms with Gasteiger partial charge in [0, 0.05) is 11.1 Å². The molecule has 0 aliphatic carbocycles. The second kappa shape index (κ2) is 6.96. The quantitative estimate of drug-likeness (QED) is 0.745. The van der Waals surface area contributed by atoms with Crippen molar-refractivity contribution in [2.45, 2.75) is 33.4 Å². The maximum atomic E-state index is 12.3. The first-order valence-electron chi connectivity index (χ1n) is 7.79. The Morgan fingerprint density at radius 1 is 1.33 bits per heavy atom. The van der Waals surface area contributed by atoms with Crippen LogP contribution in [0.1, 0.15) is 36.3 Å². The lowest BCUT2D eigenvalue weighted by Crippen LogP contribution is -2.40. The van der Waals surface area contributed by atoms with Crippen LogP contribution in [0.5, 0.6) is 0 Å². The van der Waals surface area contributed by atoms with Crippen LogP contribution in [0.25, 0.3) is 5.65 Å². The van der Waals surface area contributed by atoms with Gasteiger partial charge in [0.25, 0.3) is 0 Å². The fraction of sp³-hybridized carbons (Fsp3) is 0.375. The number of amides is 2. The zero-order valence-electron chi connectivity index (χ0n) is 13.9. The zero-order valence-corrected chi connectivity index (χ0v) is 14.7. The summed E-state index contributed by atoms with van der Waals surface area (Å²) in [6.45, 7) is 6.49. The van der Waals surface area contributed by atoms with E-state index in [2.05, 4.69) is 25.8 Å². The molecule has 1 atom stereocenters. The summed E-state index contributed by atoms with van der Waals surface area (Å²) in [5.41, 5.74) is 3.49. The molecule has 0 aliphatic rings. The molecule has 126 valence electrons. The van der Waals surface area contributed by atoms with E-state index in [9.17, 15) is 4.79 Å². The lowest BCUT2D eigenvalue weighted by Gasteiger charge is -2.21. The number of nitrogens with one attached hydrogen (secondary N) is 2. The first kappa shape index (κ1) is 16.4. The van der Waals surface area contributed by atoms with Gasteiger partial charge in [-0.05, 0) is 25.0 Å². The molecule has 2 amide bonds. The highest BCUT2D eigenvalue weighted by molar-refractivity contribution is 7.09. The summed E-state index contributed by atoms with van der Waals surface area (Å²) >= 11 is 1.54. The highest BCUT2D eigenvalue weighted by atomic mass is 32.1. The number of thiazole rings is 1. The van der Waals surface area contributed by atoms with Crippen LogP contribution < -0.4 is 10.6 Å². The predicted molar refractivity (Wildman–Crippen MR) is 92.8 cm³/mol. The number of nitrogens with zero attached hydrogens (tertiary/aromatic N) is 4. The average Bonchev–Trinajstić information content (AvgIpc) is 3.16. The van der Waals surface area contributed by atoms with Gasteiger partial charge in [0.1, 0.15) is 0 Å². The van der Waals surface area contributed by atoms with E-state index in [-0.39, 0.29) is 18.0 Å². The van der Waals surface area contributed by atoms with E-state index in [1.807, 2.05) is 49.6 Å². The van der Waals surface area contributed by atoms with Crippen molar-refractivity contribution in [1.29, 1.82) is 0 Å². The summed E-state index contributed by atoms with van der Waals surface area (Å²) in [4.78, 5) is 17.5. The highest BCUT2D eigenvalue weighted by Gasteiger charge is 2.23. The lowest BCUT2D eigenvalue weighted by atomic mass is 10.0. The number of carbonyl (C=O) groups is 1. The topological polar surface area (TPSA) is 84.2 Å². The summed E-state index contributed by atoms with van der Waals surface area (Å²) in [6.07, 6.45) is 1.90. The van der Waals surface area contributed by atoms with E-state index >= 15 is 0 Å². The lowest BCUT2D eigenvalue weighted by molar-refractivity contribution is 0.231. The maximum Gasteiger partial charge on any atom is 0.315 e. The van der Waals surface area contributed by atoms with Gasteiger partial charge in [0.2, 0.25) is 0 Å². The molecule has 7 nitrogen and oxygen atoms in total. The molecular weight excluding hydrogens is 324 g/mol. The SMILES string of the molecule is Cc1ncsc1CNC(=O)NC(c1nnc2ccccn12)C(C)C. The van der Waals surface area contributed by atoms with E-state index in [1.165, 1.54) is 11.3 Å². The van der Waals surface area contributed by atoms with Crippen LogP contribution in [0.3, 0.4) is 0 Å². The number of urea groups is 1. The minimum Gasteiger partial charge on any atom is -0.333 e. The molecule has 0 saturated carbocycles. The number of hydrogen-bond donors (Lipinski definition) is 2. The molecule has 3 heterocycles. The molecule has 1 unspecified atom stereocenters. The first-order chi connectivity index (χ1) is 11.6. The van der Waals surface area contributed by atoms with Crippen LogP contribution in [0.2, 0.25) is 0 Å². The van der Waals surface area contributed by atoms with E-state index in [1.54, 1.807) is 5.51 Å². The molecule has 0 radical (unpaired) electrons. The van der Waals surface area contributed by atoms with Gasteiger partial charge in [-0.2, -0.15) is 0 Å². The molecule has 3 rings (SSSR count). The average molecular weight is 344 g/mol. The van der Waals surface area contributed by atoms with E-state index in [4.69, 9.17) is 0 Å². The third-order valence-electron chi connectivity index (χ3n) is 3.83. The Labute approximate surface area is 144 Å². The van der Waals surface area contributed by atoms with E-state index in [0.29, 0.717) is 6.54 Å². The molecule has 3 aromatic rings. The number of pyridine rings is 1. The molecule has 8 heteroatoms. The van der Waals surface area contributed by atoms with Crippen LogP contribution in [-0.2, 0) is 6.54 Å². The molecule has 0 aliphatic heterocycles. The number of aromatic nitrogens is 4. The maximum absolute atomic E-state index is 12.3. The summed E-state index contributed by atoms with van der Waals surface area (Å²) in [7, 11) is 0. The van der Waals surface area contributed by atoms with Crippen molar-refractivity contribution in [3.63, 3.8) is 0 Å². The largest absolute Gasteiger partial charge is 0.333 e. The standard InChI is InChI=1S/C16H20N6OS/c1-10(2)14(15-21-20-13-6-4-5-7-22(13)15)19-16(23)17-8-12-11(3)18-9-24-12/h4-7,9-10,14H,8H2,1-3H3,(H2,17,19,23). The number of aryl methyl sites for hydroxylation is 1. The monoisotopic (exact) mass is 344 g/mol. The summed E-state index contributed by atoms with van der Waals surface area (Å²) in [5, 5.41) is 14.3. The molecule has 0 aromatic carbocycles. The van der Waals surface area contributed by atoms with Crippen LogP contribution in [-0.4, -0.2) is 25.6 Å². The van der Waals surface area contributed by atoms with E-state index in [0.717, 1.165) is 22.0 Å². The number of fused-ring (bicyclic) bond motifs is 1.